The maximum absolute atomic E-state index is 12.7. The molecule has 1 aliphatic heterocycles. The standard InChI is InChI=1S/C26H22ClNO4S/c1-18-5-9-22(10-6-18)31-14-13-28-25(29)24(33-26(28)30)16-19-7-11-23(12-8-19)32-17-20-3-2-4-21(27)15-20/h2-12,15-16H,13-14,17H2,1H3/b24-16-. The van der Waals surface area contributed by atoms with E-state index >= 15 is 0 Å². The molecular weight excluding hydrogens is 458 g/mol. The minimum absolute atomic E-state index is 0.201. The molecule has 0 spiro atoms. The van der Waals surface area contributed by atoms with Crippen molar-refractivity contribution < 1.29 is 19.1 Å². The monoisotopic (exact) mass is 479 g/mol. The largest absolute Gasteiger partial charge is 0.492 e. The van der Waals surface area contributed by atoms with Crippen molar-refractivity contribution in [2.75, 3.05) is 13.2 Å². The molecule has 1 heterocycles. The number of carbonyl (C=O) groups excluding carboxylic acids is 2. The molecule has 7 heteroatoms. The third-order valence-corrected chi connectivity index (χ3v) is 6.09. The van der Waals surface area contributed by atoms with Gasteiger partial charge in [-0.05, 0) is 72.3 Å². The van der Waals surface area contributed by atoms with Crippen LogP contribution in [0.3, 0.4) is 0 Å². The van der Waals surface area contributed by atoms with Crippen molar-refractivity contribution in [3.8, 4) is 11.5 Å². The molecule has 3 aromatic carbocycles. The second-order valence-electron chi connectivity index (χ2n) is 7.48. The molecular formula is C26H22ClNO4S. The molecule has 2 amide bonds. The van der Waals surface area contributed by atoms with Gasteiger partial charge in [-0.2, -0.15) is 0 Å². The Morgan fingerprint density at radius 1 is 0.939 bits per heavy atom. The summed E-state index contributed by atoms with van der Waals surface area (Å²) in [6, 6.07) is 22.5. The molecule has 5 nitrogen and oxygen atoms in total. The first kappa shape index (κ1) is 23.0. The van der Waals surface area contributed by atoms with Crippen molar-refractivity contribution in [2.45, 2.75) is 13.5 Å². The maximum atomic E-state index is 12.7. The molecule has 33 heavy (non-hydrogen) atoms. The van der Waals surface area contributed by atoms with Crippen LogP contribution < -0.4 is 9.47 Å². The number of ether oxygens (including phenoxy) is 2. The van der Waals surface area contributed by atoms with E-state index in [0.717, 1.165) is 28.5 Å². The van der Waals surface area contributed by atoms with E-state index in [9.17, 15) is 9.59 Å². The highest BCUT2D eigenvalue weighted by Gasteiger charge is 2.34. The third-order valence-electron chi connectivity index (χ3n) is 4.95. The molecule has 0 unspecified atom stereocenters. The molecule has 1 saturated heterocycles. The zero-order chi connectivity index (χ0) is 23.2. The van der Waals surface area contributed by atoms with Gasteiger partial charge in [0.1, 0.15) is 24.7 Å². The second-order valence-corrected chi connectivity index (χ2v) is 8.91. The maximum Gasteiger partial charge on any atom is 0.293 e. The molecule has 168 valence electrons. The van der Waals surface area contributed by atoms with Crippen LogP contribution >= 0.6 is 23.4 Å². The zero-order valence-electron chi connectivity index (χ0n) is 18.0. The van der Waals surface area contributed by atoms with Crippen LogP contribution in [0, 0.1) is 6.92 Å². The van der Waals surface area contributed by atoms with Gasteiger partial charge in [-0.15, -0.1) is 0 Å². The number of thioether (sulfide) groups is 1. The predicted molar refractivity (Wildman–Crippen MR) is 132 cm³/mol. The van der Waals surface area contributed by atoms with E-state index in [2.05, 4.69) is 0 Å². The summed E-state index contributed by atoms with van der Waals surface area (Å²) in [5.74, 6) is 1.10. The molecule has 0 aliphatic carbocycles. The Balaban J connectivity index is 1.32. The lowest BCUT2D eigenvalue weighted by molar-refractivity contribution is -0.123. The normalized spacial score (nSPS) is 14.7. The minimum Gasteiger partial charge on any atom is -0.492 e. The molecule has 0 bridgehead atoms. The van der Waals surface area contributed by atoms with Gasteiger partial charge in [0.2, 0.25) is 0 Å². The van der Waals surface area contributed by atoms with Crippen LogP contribution in [0.1, 0.15) is 16.7 Å². The van der Waals surface area contributed by atoms with E-state index in [1.807, 2.05) is 79.7 Å². The topological polar surface area (TPSA) is 55.8 Å². The average molecular weight is 480 g/mol. The van der Waals surface area contributed by atoms with Crippen molar-refractivity contribution in [1.82, 2.24) is 4.90 Å². The highest BCUT2D eigenvalue weighted by atomic mass is 35.5. The van der Waals surface area contributed by atoms with E-state index in [4.69, 9.17) is 21.1 Å². The first-order chi connectivity index (χ1) is 16.0. The van der Waals surface area contributed by atoms with Crippen molar-refractivity contribution in [1.29, 1.82) is 0 Å². The summed E-state index contributed by atoms with van der Waals surface area (Å²) in [4.78, 5) is 26.6. The van der Waals surface area contributed by atoms with Gasteiger partial charge < -0.3 is 9.47 Å². The number of rotatable bonds is 8. The van der Waals surface area contributed by atoms with E-state index in [1.165, 1.54) is 4.90 Å². The predicted octanol–water partition coefficient (Wildman–Crippen LogP) is 6.34. The minimum atomic E-state index is -0.307. The molecule has 0 radical (unpaired) electrons. The Morgan fingerprint density at radius 3 is 2.36 bits per heavy atom. The number of hydrogen-bond acceptors (Lipinski definition) is 5. The number of nitrogens with zero attached hydrogens (tertiary/aromatic N) is 1. The summed E-state index contributed by atoms with van der Waals surface area (Å²) in [6.45, 7) is 2.85. The van der Waals surface area contributed by atoms with E-state index in [-0.39, 0.29) is 24.3 Å². The molecule has 3 aromatic rings. The zero-order valence-corrected chi connectivity index (χ0v) is 19.6. The number of amides is 2. The molecule has 0 aromatic heterocycles. The first-order valence-electron chi connectivity index (χ1n) is 10.4. The Kier molecular flexibility index (Phi) is 7.37. The summed E-state index contributed by atoms with van der Waals surface area (Å²) < 4.78 is 11.4. The third kappa shape index (κ3) is 6.18. The lowest BCUT2D eigenvalue weighted by atomic mass is 10.2. The highest BCUT2D eigenvalue weighted by molar-refractivity contribution is 8.18. The van der Waals surface area contributed by atoms with Crippen molar-refractivity contribution >= 4 is 40.6 Å². The Bertz CT molecular complexity index is 1180. The Labute approximate surface area is 202 Å². The van der Waals surface area contributed by atoms with Gasteiger partial charge in [-0.1, -0.05) is 53.6 Å². The molecule has 4 rings (SSSR count). The summed E-state index contributed by atoms with van der Waals surface area (Å²) in [6.07, 6.45) is 1.71. The van der Waals surface area contributed by atoms with Crippen molar-refractivity contribution in [3.05, 3.63) is 99.4 Å². The summed E-state index contributed by atoms with van der Waals surface area (Å²) in [5, 5.41) is 0.377. The van der Waals surface area contributed by atoms with Crippen LogP contribution in [-0.2, 0) is 11.4 Å². The quantitative estimate of drug-likeness (QED) is 0.353. The first-order valence-corrected chi connectivity index (χ1v) is 11.6. The van der Waals surface area contributed by atoms with Crippen LogP contribution in [0.4, 0.5) is 4.79 Å². The average Bonchev–Trinajstić information content (AvgIpc) is 3.07. The van der Waals surface area contributed by atoms with Crippen LogP contribution in [0.2, 0.25) is 5.02 Å². The van der Waals surface area contributed by atoms with Crippen LogP contribution in [-0.4, -0.2) is 29.2 Å². The second kappa shape index (κ2) is 10.6. The molecule has 0 saturated carbocycles. The molecule has 1 fully saturated rings. The van der Waals surface area contributed by atoms with Crippen LogP contribution in [0.25, 0.3) is 6.08 Å². The van der Waals surface area contributed by atoms with E-state index in [1.54, 1.807) is 6.08 Å². The van der Waals surface area contributed by atoms with Gasteiger partial charge in [0.25, 0.3) is 11.1 Å². The number of benzene rings is 3. The number of imide groups is 1. The lowest BCUT2D eigenvalue weighted by Gasteiger charge is -2.13. The molecule has 0 atom stereocenters. The van der Waals surface area contributed by atoms with Crippen molar-refractivity contribution in [2.24, 2.45) is 0 Å². The summed E-state index contributed by atoms with van der Waals surface area (Å²) in [7, 11) is 0. The fourth-order valence-electron chi connectivity index (χ4n) is 3.19. The molecule has 0 N–H and O–H groups in total. The summed E-state index contributed by atoms with van der Waals surface area (Å²) in [5.41, 5.74) is 2.93. The lowest BCUT2D eigenvalue weighted by Crippen LogP contribution is -2.32. The Morgan fingerprint density at radius 2 is 1.64 bits per heavy atom. The van der Waals surface area contributed by atoms with E-state index < -0.39 is 0 Å². The fourth-order valence-corrected chi connectivity index (χ4v) is 4.27. The number of halogens is 1. The van der Waals surface area contributed by atoms with Crippen LogP contribution in [0.5, 0.6) is 11.5 Å². The number of aryl methyl sites for hydroxylation is 1. The fraction of sp³-hybridized carbons (Fsp3) is 0.154. The summed E-state index contributed by atoms with van der Waals surface area (Å²) >= 11 is 6.93. The number of hydrogen-bond donors (Lipinski definition) is 0. The molecule has 1 aliphatic rings. The van der Waals surface area contributed by atoms with Gasteiger partial charge in [-0.25, -0.2) is 0 Å². The van der Waals surface area contributed by atoms with Gasteiger partial charge in [0.05, 0.1) is 11.4 Å². The van der Waals surface area contributed by atoms with Gasteiger partial charge in [0, 0.05) is 5.02 Å². The van der Waals surface area contributed by atoms with Crippen molar-refractivity contribution in [3.63, 3.8) is 0 Å². The van der Waals surface area contributed by atoms with Crippen LogP contribution in [0.15, 0.2) is 77.7 Å². The SMILES string of the molecule is Cc1ccc(OCCN2C(=O)S/C(=C\c3ccc(OCc4cccc(Cl)c4)cc3)C2=O)cc1. The number of carbonyl (C=O) groups is 2. The smallest absolute Gasteiger partial charge is 0.293 e. The van der Waals surface area contributed by atoms with Gasteiger partial charge >= 0.3 is 0 Å². The van der Waals surface area contributed by atoms with Gasteiger partial charge in [-0.3, -0.25) is 14.5 Å². The van der Waals surface area contributed by atoms with E-state index in [0.29, 0.717) is 28.0 Å². The van der Waals surface area contributed by atoms with Gasteiger partial charge in [0.15, 0.2) is 0 Å². The Hall–Kier alpha value is -3.22. The highest BCUT2D eigenvalue weighted by Crippen LogP contribution is 2.32.